The van der Waals surface area contributed by atoms with E-state index >= 15 is 0 Å². The quantitative estimate of drug-likeness (QED) is 0.685. The van der Waals surface area contributed by atoms with E-state index in [1.807, 2.05) is 0 Å². The van der Waals surface area contributed by atoms with Crippen molar-refractivity contribution in [2.45, 2.75) is 50.7 Å². The van der Waals surface area contributed by atoms with Crippen LogP contribution in [0.2, 0.25) is 0 Å². The minimum atomic E-state index is -0.988. The van der Waals surface area contributed by atoms with Crippen LogP contribution in [0.1, 0.15) is 50.5 Å². The predicted molar refractivity (Wildman–Crippen MR) is 97.0 cm³/mol. The fourth-order valence-corrected chi connectivity index (χ4v) is 4.32. The monoisotopic (exact) mass is 374 g/mol. The average molecular weight is 374 g/mol. The van der Waals surface area contributed by atoms with E-state index in [0.29, 0.717) is 36.2 Å². The number of rotatable bonds is 5. The number of aromatic nitrogens is 2. The maximum Gasteiger partial charge on any atom is 0.244 e. The first kappa shape index (κ1) is 18.5. The van der Waals surface area contributed by atoms with Crippen LogP contribution in [0.15, 0.2) is 28.8 Å². The van der Waals surface area contributed by atoms with Crippen LogP contribution in [-0.2, 0) is 0 Å². The molecule has 146 valence electrons. The molecule has 1 saturated carbocycles. The Kier molecular flexibility index (Phi) is 5.51. The number of nitrogens with zero attached hydrogens (tertiary/aromatic N) is 3. The third-order valence-corrected chi connectivity index (χ3v) is 5.69. The molecule has 1 saturated heterocycles. The molecule has 2 aromatic rings. The van der Waals surface area contributed by atoms with Gasteiger partial charge in [-0.05, 0) is 25.2 Å². The van der Waals surface area contributed by atoms with Gasteiger partial charge in [-0.1, -0.05) is 36.6 Å². The Balaban J connectivity index is 1.51. The highest BCUT2D eigenvalue weighted by Gasteiger charge is 2.37. The van der Waals surface area contributed by atoms with Crippen LogP contribution >= 0.6 is 0 Å². The summed E-state index contributed by atoms with van der Waals surface area (Å²) >= 11 is 0. The molecule has 0 radical (unpaired) electrons. The highest BCUT2D eigenvalue weighted by Crippen LogP contribution is 2.35. The van der Waals surface area contributed by atoms with Gasteiger partial charge in [-0.2, -0.15) is 10.2 Å². The van der Waals surface area contributed by atoms with Gasteiger partial charge >= 0.3 is 0 Å². The van der Waals surface area contributed by atoms with E-state index in [9.17, 15) is 10.3 Å². The molecule has 2 heterocycles. The molecule has 1 aliphatic carbocycles. The van der Waals surface area contributed by atoms with Crippen LogP contribution in [0.25, 0.3) is 11.4 Å². The second kappa shape index (κ2) is 8.04. The zero-order valence-electron chi connectivity index (χ0n) is 15.3. The normalized spacial score (nSPS) is 25.7. The SMILES string of the molecule is [O-][NH+](O)c1cccc(-c2noc(C3CC(O)CN3CC3CCCCC3)n2)c1. The number of nitrogens with one attached hydrogen (secondary N) is 1. The lowest BCUT2D eigenvalue weighted by Crippen LogP contribution is -2.99. The fraction of sp³-hybridized carbons (Fsp3) is 0.579. The fourth-order valence-electron chi connectivity index (χ4n) is 4.32. The van der Waals surface area contributed by atoms with Gasteiger partial charge in [0, 0.05) is 30.8 Å². The van der Waals surface area contributed by atoms with Crippen LogP contribution in [0.5, 0.6) is 0 Å². The number of aliphatic hydroxyl groups excluding tert-OH is 1. The topological polar surface area (TPSA) is 110 Å². The predicted octanol–water partition coefficient (Wildman–Crippen LogP) is 1.83. The van der Waals surface area contributed by atoms with Gasteiger partial charge in [0.25, 0.3) is 0 Å². The first-order chi connectivity index (χ1) is 13.1. The number of hydrogen-bond acceptors (Lipinski definition) is 7. The van der Waals surface area contributed by atoms with Gasteiger partial charge in [-0.3, -0.25) is 4.90 Å². The molecule has 1 aromatic carbocycles. The largest absolute Gasteiger partial charge is 0.595 e. The summed E-state index contributed by atoms with van der Waals surface area (Å²) in [5.74, 6) is 1.55. The standard InChI is InChI=1S/C19H26N4O4/c24-16-10-17(22(12-16)11-13-5-2-1-3-6-13)19-20-18(21-27-19)14-7-4-8-15(9-14)23(25)26/h4,7-9,13,16-17,23-25H,1-3,5-6,10-12H2. The van der Waals surface area contributed by atoms with Crippen molar-refractivity contribution in [1.82, 2.24) is 15.0 Å². The molecular formula is C19H26N4O4. The Morgan fingerprint density at radius 2 is 2.07 bits per heavy atom. The lowest BCUT2D eigenvalue weighted by molar-refractivity contribution is -0.991. The zero-order valence-corrected chi connectivity index (χ0v) is 15.3. The van der Waals surface area contributed by atoms with Crippen LogP contribution in [0.3, 0.4) is 0 Å². The molecule has 1 aromatic heterocycles. The highest BCUT2D eigenvalue weighted by molar-refractivity contribution is 5.58. The molecule has 0 spiro atoms. The molecule has 4 rings (SSSR count). The molecule has 8 nitrogen and oxygen atoms in total. The summed E-state index contributed by atoms with van der Waals surface area (Å²) < 4.78 is 5.51. The summed E-state index contributed by atoms with van der Waals surface area (Å²) in [6.45, 7) is 1.58. The Morgan fingerprint density at radius 1 is 1.26 bits per heavy atom. The smallest absolute Gasteiger partial charge is 0.244 e. The number of aliphatic hydroxyl groups is 1. The first-order valence-corrected chi connectivity index (χ1v) is 9.69. The van der Waals surface area contributed by atoms with E-state index in [1.54, 1.807) is 18.2 Å². The third kappa shape index (κ3) is 4.20. The van der Waals surface area contributed by atoms with Crippen molar-refractivity contribution in [3.8, 4) is 11.4 Å². The van der Waals surface area contributed by atoms with Crippen molar-refractivity contribution in [3.63, 3.8) is 0 Å². The molecule has 1 aliphatic heterocycles. The van der Waals surface area contributed by atoms with Gasteiger partial charge in [0.05, 0.1) is 12.1 Å². The number of β-amino-alcohol motifs (C(OH)–C–C–N with tert-alkyl or cyclic N) is 1. The van der Waals surface area contributed by atoms with Gasteiger partial charge in [-0.25, -0.2) is 5.21 Å². The van der Waals surface area contributed by atoms with Gasteiger partial charge in [-0.15, -0.1) is 0 Å². The molecule has 27 heavy (non-hydrogen) atoms. The highest BCUT2D eigenvalue weighted by atomic mass is 16.8. The van der Waals surface area contributed by atoms with Crippen molar-refractivity contribution in [2.24, 2.45) is 5.92 Å². The summed E-state index contributed by atoms with van der Waals surface area (Å²) in [6.07, 6.45) is 6.60. The Morgan fingerprint density at radius 3 is 2.85 bits per heavy atom. The van der Waals surface area contributed by atoms with E-state index in [0.717, 1.165) is 6.54 Å². The molecule has 0 amide bonds. The van der Waals surface area contributed by atoms with Crippen LogP contribution < -0.4 is 5.23 Å². The van der Waals surface area contributed by atoms with Crippen molar-refractivity contribution in [3.05, 3.63) is 35.4 Å². The van der Waals surface area contributed by atoms with E-state index in [-0.39, 0.29) is 17.8 Å². The second-order valence-corrected chi connectivity index (χ2v) is 7.71. The minimum Gasteiger partial charge on any atom is -0.595 e. The molecule has 2 fully saturated rings. The van der Waals surface area contributed by atoms with Crippen molar-refractivity contribution < 1.29 is 20.1 Å². The average Bonchev–Trinajstić information content (AvgIpc) is 3.29. The van der Waals surface area contributed by atoms with E-state index in [2.05, 4.69) is 15.0 Å². The minimum absolute atomic E-state index is 0.0779. The second-order valence-electron chi connectivity index (χ2n) is 7.71. The third-order valence-electron chi connectivity index (χ3n) is 5.69. The molecular weight excluding hydrogens is 348 g/mol. The van der Waals surface area contributed by atoms with Crippen LogP contribution in [0.4, 0.5) is 5.69 Å². The lowest BCUT2D eigenvalue weighted by atomic mass is 9.89. The number of quaternary nitrogens is 1. The first-order valence-electron chi connectivity index (χ1n) is 9.69. The summed E-state index contributed by atoms with van der Waals surface area (Å²) in [4.78, 5) is 6.79. The van der Waals surface area contributed by atoms with Gasteiger partial charge in [0.15, 0.2) is 5.69 Å². The maximum atomic E-state index is 11.2. The lowest BCUT2D eigenvalue weighted by Gasteiger charge is -2.29. The van der Waals surface area contributed by atoms with Crippen molar-refractivity contribution in [1.29, 1.82) is 0 Å². The zero-order chi connectivity index (χ0) is 18.8. The molecule has 0 bridgehead atoms. The van der Waals surface area contributed by atoms with Gasteiger partial charge < -0.3 is 14.8 Å². The van der Waals surface area contributed by atoms with Crippen LogP contribution in [0, 0.1) is 11.1 Å². The molecule has 2 aliphatic rings. The van der Waals surface area contributed by atoms with Crippen molar-refractivity contribution >= 4 is 5.69 Å². The van der Waals surface area contributed by atoms with Crippen molar-refractivity contribution in [2.75, 3.05) is 13.1 Å². The summed E-state index contributed by atoms with van der Waals surface area (Å²) in [5.41, 5.74) is 0.802. The summed E-state index contributed by atoms with van der Waals surface area (Å²) in [6, 6.07) is 6.44. The number of benzene rings is 1. The van der Waals surface area contributed by atoms with Gasteiger partial charge in [0.1, 0.15) is 0 Å². The number of likely N-dealkylation sites (tertiary alicyclic amines) is 1. The summed E-state index contributed by atoms with van der Waals surface area (Å²) in [7, 11) is 0. The van der Waals surface area contributed by atoms with E-state index in [1.165, 1.54) is 38.2 Å². The molecule has 3 atom stereocenters. The van der Waals surface area contributed by atoms with E-state index in [4.69, 9.17) is 9.73 Å². The summed E-state index contributed by atoms with van der Waals surface area (Å²) in [5, 5.41) is 33.6. The Labute approximate surface area is 157 Å². The molecule has 8 heteroatoms. The van der Waals surface area contributed by atoms with Crippen LogP contribution in [-0.4, -0.2) is 44.5 Å². The molecule has 3 N–H and O–H groups in total. The van der Waals surface area contributed by atoms with Gasteiger partial charge in [0.2, 0.25) is 11.7 Å². The number of hydrogen-bond donors (Lipinski definition) is 3. The Hall–Kier alpha value is -1.84. The van der Waals surface area contributed by atoms with E-state index < -0.39 is 5.23 Å². The molecule has 3 unspecified atom stereocenters. The Bertz CT molecular complexity index is 760. The maximum absolute atomic E-state index is 11.2.